The summed E-state index contributed by atoms with van der Waals surface area (Å²) in [6.07, 6.45) is 1.10. The normalized spacial score (nSPS) is 10.8. The SMILES string of the molecule is CCCNCc1ccc(F)cc1-c1sccc1Br. The number of rotatable bonds is 5. The number of nitrogens with one attached hydrogen (secondary N) is 1. The Labute approximate surface area is 119 Å². The fourth-order valence-corrected chi connectivity index (χ4v) is 3.44. The van der Waals surface area contributed by atoms with Crippen molar-refractivity contribution in [3.05, 3.63) is 45.5 Å². The molecule has 0 aliphatic rings. The molecule has 0 amide bonds. The highest BCUT2D eigenvalue weighted by atomic mass is 79.9. The maximum Gasteiger partial charge on any atom is 0.123 e. The van der Waals surface area contributed by atoms with Crippen molar-refractivity contribution in [3.63, 3.8) is 0 Å². The maximum absolute atomic E-state index is 13.4. The molecular weight excluding hydrogens is 313 g/mol. The van der Waals surface area contributed by atoms with Crippen molar-refractivity contribution in [1.82, 2.24) is 5.32 Å². The van der Waals surface area contributed by atoms with Gasteiger partial charge in [-0.1, -0.05) is 13.0 Å². The molecule has 4 heteroatoms. The van der Waals surface area contributed by atoms with Gasteiger partial charge in [0.2, 0.25) is 0 Å². The Bertz CT molecular complexity index is 524. The van der Waals surface area contributed by atoms with E-state index < -0.39 is 0 Å². The molecule has 1 aromatic heterocycles. The largest absolute Gasteiger partial charge is 0.313 e. The van der Waals surface area contributed by atoms with Gasteiger partial charge in [0, 0.05) is 21.5 Å². The molecule has 0 fully saturated rings. The lowest BCUT2D eigenvalue weighted by Gasteiger charge is -2.10. The van der Waals surface area contributed by atoms with E-state index >= 15 is 0 Å². The van der Waals surface area contributed by atoms with E-state index in [1.54, 1.807) is 17.4 Å². The van der Waals surface area contributed by atoms with Crippen LogP contribution < -0.4 is 5.32 Å². The molecule has 0 atom stereocenters. The van der Waals surface area contributed by atoms with Crippen molar-refractivity contribution < 1.29 is 4.39 Å². The Kier molecular flexibility index (Phi) is 4.92. The molecule has 2 rings (SSSR count). The van der Waals surface area contributed by atoms with Crippen molar-refractivity contribution in [2.75, 3.05) is 6.54 Å². The summed E-state index contributed by atoms with van der Waals surface area (Å²) in [5.41, 5.74) is 2.11. The van der Waals surface area contributed by atoms with Crippen molar-refractivity contribution in [2.24, 2.45) is 0 Å². The Morgan fingerprint density at radius 2 is 2.17 bits per heavy atom. The molecule has 1 nitrogen and oxygen atoms in total. The van der Waals surface area contributed by atoms with Gasteiger partial charge in [-0.2, -0.15) is 0 Å². The molecule has 0 radical (unpaired) electrons. The van der Waals surface area contributed by atoms with Gasteiger partial charge in [-0.05, 0) is 58.0 Å². The van der Waals surface area contributed by atoms with Crippen LogP contribution in [0.1, 0.15) is 18.9 Å². The molecule has 1 N–H and O–H groups in total. The van der Waals surface area contributed by atoms with Crippen molar-refractivity contribution >= 4 is 27.3 Å². The van der Waals surface area contributed by atoms with Gasteiger partial charge >= 0.3 is 0 Å². The van der Waals surface area contributed by atoms with E-state index in [1.165, 1.54) is 6.07 Å². The van der Waals surface area contributed by atoms with Crippen LogP contribution >= 0.6 is 27.3 Å². The average molecular weight is 328 g/mol. The van der Waals surface area contributed by atoms with Crippen LogP contribution in [0.15, 0.2) is 34.1 Å². The van der Waals surface area contributed by atoms with E-state index in [1.807, 2.05) is 17.5 Å². The van der Waals surface area contributed by atoms with E-state index in [0.29, 0.717) is 0 Å². The third-order valence-electron chi connectivity index (χ3n) is 2.68. The maximum atomic E-state index is 13.4. The van der Waals surface area contributed by atoms with Crippen LogP contribution in [0.4, 0.5) is 4.39 Å². The summed E-state index contributed by atoms with van der Waals surface area (Å²) in [7, 11) is 0. The molecule has 0 unspecified atom stereocenters. The summed E-state index contributed by atoms with van der Waals surface area (Å²) in [4.78, 5) is 1.09. The summed E-state index contributed by atoms with van der Waals surface area (Å²) < 4.78 is 14.5. The van der Waals surface area contributed by atoms with Crippen LogP contribution in [0.5, 0.6) is 0 Å². The van der Waals surface area contributed by atoms with Crippen molar-refractivity contribution in [3.8, 4) is 10.4 Å². The number of halogens is 2. The van der Waals surface area contributed by atoms with Gasteiger partial charge in [0.05, 0.1) is 0 Å². The minimum absolute atomic E-state index is 0.190. The first-order valence-electron chi connectivity index (χ1n) is 5.95. The zero-order valence-corrected chi connectivity index (χ0v) is 12.6. The lowest BCUT2D eigenvalue weighted by Crippen LogP contribution is -2.14. The van der Waals surface area contributed by atoms with Crippen LogP contribution in [-0.2, 0) is 6.54 Å². The van der Waals surface area contributed by atoms with Crippen LogP contribution in [-0.4, -0.2) is 6.54 Å². The zero-order chi connectivity index (χ0) is 13.0. The minimum atomic E-state index is -0.190. The van der Waals surface area contributed by atoms with Gasteiger partial charge in [-0.25, -0.2) is 4.39 Å². The highest BCUT2D eigenvalue weighted by Crippen LogP contribution is 2.35. The van der Waals surface area contributed by atoms with Crippen molar-refractivity contribution in [1.29, 1.82) is 0 Å². The molecule has 0 aliphatic heterocycles. The third-order valence-corrected chi connectivity index (χ3v) is 4.55. The molecule has 0 spiro atoms. The number of benzene rings is 1. The number of thiophene rings is 1. The first kappa shape index (κ1) is 13.7. The van der Waals surface area contributed by atoms with E-state index in [4.69, 9.17) is 0 Å². The summed E-state index contributed by atoms with van der Waals surface area (Å²) in [6, 6.07) is 6.99. The number of hydrogen-bond donors (Lipinski definition) is 1. The molecule has 0 saturated carbocycles. The molecule has 18 heavy (non-hydrogen) atoms. The topological polar surface area (TPSA) is 12.0 Å². The predicted octanol–water partition coefficient (Wildman–Crippen LogP) is 4.82. The molecule has 96 valence electrons. The molecular formula is C14H15BrFNS. The van der Waals surface area contributed by atoms with E-state index in [9.17, 15) is 4.39 Å². The van der Waals surface area contributed by atoms with Gasteiger partial charge < -0.3 is 5.32 Å². The Morgan fingerprint density at radius 1 is 1.33 bits per heavy atom. The van der Waals surface area contributed by atoms with Gasteiger partial charge in [-0.3, -0.25) is 0 Å². The van der Waals surface area contributed by atoms with Crippen LogP contribution in [0.3, 0.4) is 0 Å². The molecule has 0 aliphatic carbocycles. The average Bonchev–Trinajstić information content (AvgIpc) is 2.77. The second kappa shape index (κ2) is 6.45. The van der Waals surface area contributed by atoms with Gasteiger partial charge in [-0.15, -0.1) is 11.3 Å². The van der Waals surface area contributed by atoms with Crippen LogP contribution in [0, 0.1) is 5.82 Å². The first-order chi connectivity index (χ1) is 8.72. The zero-order valence-electron chi connectivity index (χ0n) is 10.2. The fraction of sp³-hybridized carbons (Fsp3) is 0.286. The van der Waals surface area contributed by atoms with Crippen molar-refractivity contribution in [2.45, 2.75) is 19.9 Å². The fourth-order valence-electron chi connectivity index (χ4n) is 1.80. The lowest BCUT2D eigenvalue weighted by molar-refractivity contribution is 0.625. The highest BCUT2D eigenvalue weighted by molar-refractivity contribution is 9.10. The molecule has 2 aromatic rings. The predicted molar refractivity (Wildman–Crippen MR) is 79.4 cm³/mol. The molecule has 1 heterocycles. The summed E-state index contributed by atoms with van der Waals surface area (Å²) in [5.74, 6) is -0.190. The second-order valence-electron chi connectivity index (χ2n) is 4.08. The van der Waals surface area contributed by atoms with E-state index in [2.05, 4.69) is 28.2 Å². The monoisotopic (exact) mass is 327 g/mol. The molecule has 0 saturated heterocycles. The van der Waals surface area contributed by atoms with E-state index in [0.717, 1.165) is 40.0 Å². The van der Waals surface area contributed by atoms with Gasteiger partial charge in [0.15, 0.2) is 0 Å². The standard InChI is InChI=1S/C14H15BrFNS/c1-2-6-17-9-10-3-4-11(16)8-12(10)14-13(15)5-7-18-14/h3-5,7-8,17H,2,6,9H2,1H3. The van der Waals surface area contributed by atoms with E-state index in [-0.39, 0.29) is 5.82 Å². The smallest absolute Gasteiger partial charge is 0.123 e. The lowest BCUT2D eigenvalue weighted by atomic mass is 10.1. The quantitative estimate of drug-likeness (QED) is 0.776. The van der Waals surface area contributed by atoms with Gasteiger partial charge in [0.25, 0.3) is 0 Å². The first-order valence-corrected chi connectivity index (χ1v) is 7.62. The Balaban J connectivity index is 2.32. The van der Waals surface area contributed by atoms with Crippen LogP contribution in [0.2, 0.25) is 0 Å². The Morgan fingerprint density at radius 3 is 2.83 bits per heavy atom. The minimum Gasteiger partial charge on any atom is -0.313 e. The summed E-state index contributed by atoms with van der Waals surface area (Å²) >= 11 is 5.13. The van der Waals surface area contributed by atoms with Crippen LogP contribution in [0.25, 0.3) is 10.4 Å². The Hall–Kier alpha value is -0.710. The summed E-state index contributed by atoms with van der Waals surface area (Å²) in [5, 5.41) is 5.37. The molecule has 0 bridgehead atoms. The second-order valence-corrected chi connectivity index (χ2v) is 5.85. The van der Waals surface area contributed by atoms with Gasteiger partial charge in [0.1, 0.15) is 5.82 Å². The molecule has 1 aromatic carbocycles. The number of hydrogen-bond acceptors (Lipinski definition) is 2. The summed E-state index contributed by atoms with van der Waals surface area (Å²) in [6.45, 7) is 3.88. The third kappa shape index (κ3) is 3.19. The highest BCUT2D eigenvalue weighted by Gasteiger charge is 2.10.